The van der Waals surface area contributed by atoms with Crippen LogP contribution in [-0.4, -0.2) is 62.4 Å². The highest BCUT2D eigenvalue weighted by atomic mass is 16.5. The maximum Gasteiger partial charge on any atom is 0.241 e. The summed E-state index contributed by atoms with van der Waals surface area (Å²) in [6.45, 7) is 1.37. The van der Waals surface area contributed by atoms with Gasteiger partial charge in [-0.1, -0.05) is 18.2 Å². The van der Waals surface area contributed by atoms with E-state index in [0.29, 0.717) is 24.4 Å². The lowest BCUT2D eigenvalue weighted by molar-refractivity contribution is -0.117. The van der Waals surface area contributed by atoms with Crippen LogP contribution in [0.4, 0.5) is 11.5 Å². The molecule has 0 aliphatic carbocycles. The Morgan fingerprint density at radius 3 is 2.97 bits per heavy atom. The van der Waals surface area contributed by atoms with Crippen molar-refractivity contribution in [1.29, 1.82) is 0 Å². The quantitative estimate of drug-likeness (QED) is 0.220. The first-order valence-electron chi connectivity index (χ1n) is 12.1. The second-order valence-electron chi connectivity index (χ2n) is 9.03. The average Bonchev–Trinajstić information content (AvgIpc) is 3.55. The van der Waals surface area contributed by atoms with Gasteiger partial charge in [-0.2, -0.15) is 0 Å². The van der Waals surface area contributed by atoms with E-state index in [9.17, 15) is 9.90 Å². The van der Waals surface area contributed by atoms with Crippen molar-refractivity contribution in [3.05, 3.63) is 49.1 Å². The van der Waals surface area contributed by atoms with Crippen LogP contribution in [0.15, 0.2) is 49.1 Å². The first-order chi connectivity index (χ1) is 17.5. The van der Waals surface area contributed by atoms with Gasteiger partial charge in [0.15, 0.2) is 11.5 Å². The predicted octanol–water partition coefficient (Wildman–Crippen LogP) is 1.88. The van der Waals surface area contributed by atoms with Gasteiger partial charge in [-0.05, 0) is 49.3 Å². The number of nitrogens with zero attached hydrogens (tertiary/aromatic N) is 4. The molecule has 0 bridgehead atoms. The van der Waals surface area contributed by atoms with Crippen molar-refractivity contribution in [2.75, 3.05) is 23.4 Å². The number of nitrogens with two attached hydrogens (primary N) is 2. The van der Waals surface area contributed by atoms with E-state index in [4.69, 9.17) is 16.2 Å². The summed E-state index contributed by atoms with van der Waals surface area (Å²) in [7, 11) is 0. The van der Waals surface area contributed by atoms with E-state index >= 15 is 0 Å². The van der Waals surface area contributed by atoms with E-state index in [2.05, 4.69) is 30.2 Å². The van der Waals surface area contributed by atoms with E-state index in [0.717, 1.165) is 47.2 Å². The zero-order valence-electron chi connectivity index (χ0n) is 19.8. The average molecular weight is 491 g/mol. The van der Waals surface area contributed by atoms with E-state index in [1.165, 1.54) is 0 Å². The normalized spacial score (nSPS) is 17.4. The Labute approximate surface area is 207 Å². The highest BCUT2D eigenvalue weighted by Gasteiger charge is 2.28. The van der Waals surface area contributed by atoms with Gasteiger partial charge in [-0.15, -0.1) is 0 Å². The van der Waals surface area contributed by atoms with Crippen molar-refractivity contribution in [3.63, 3.8) is 0 Å². The van der Waals surface area contributed by atoms with Crippen molar-refractivity contribution >= 4 is 39.3 Å². The number of nitrogens with one attached hydrogen (secondary N) is 2. The summed E-state index contributed by atoms with van der Waals surface area (Å²) < 4.78 is 6.33. The number of rotatable bonds is 9. The number of aliphatic hydroxyl groups excluding tert-OH is 1. The first-order valence-corrected chi connectivity index (χ1v) is 12.1. The Kier molecular flexibility index (Phi) is 6.94. The largest absolute Gasteiger partial charge is 0.491 e. The molecule has 0 radical (unpaired) electrons. The Hall–Kier alpha value is -3.80. The SMILES string of the molecule is NC(O)CCC(N)C(=O)Nc1ccc2cccc(OCC3CCCN3c3ncnc4nc[nH]c34)c2c1. The minimum atomic E-state index is -0.986. The topological polar surface area (TPSA) is 168 Å². The van der Waals surface area contributed by atoms with Gasteiger partial charge in [-0.3, -0.25) is 4.79 Å². The lowest BCUT2D eigenvalue weighted by atomic mass is 10.1. The van der Waals surface area contributed by atoms with Crippen LogP contribution in [0.2, 0.25) is 0 Å². The van der Waals surface area contributed by atoms with Crippen LogP contribution in [0.25, 0.3) is 21.9 Å². The second kappa shape index (κ2) is 10.4. The summed E-state index contributed by atoms with van der Waals surface area (Å²) in [6, 6.07) is 10.9. The number of imidazole rings is 1. The van der Waals surface area contributed by atoms with E-state index in [1.54, 1.807) is 12.7 Å². The summed E-state index contributed by atoms with van der Waals surface area (Å²) in [5.41, 5.74) is 13.4. The van der Waals surface area contributed by atoms with Crippen molar-refractivity contribution in [2.45, 2.75) is 44.0 Å². The van der Waals surface area contributed by atoms with E-state index < -0.39 is 12.3 Å². The fourth-order valence-corrected chi connectivity index (χ4v) is 4.61. The number of H-pyrrole nitrogens is 1. The molecule has 1 fully saturated rings. The molecule has 188 valence electrons. The van der Waals surface area contributed by atoms with Crippen molar-refractivity contribution in [1.82, 2.24) is 19.9 Å². The Balaban J connectivity index is 1.30. The molecule has 36 heavy (non-hydrogen) atoms. The molecular weight excluding hydrogens is 460 g/mol. The zero-order chi connectivity index (χ0) is 25.1. The van der Waals surface area contributed by atoms with Crippen molar-refractivity contribution < 1.29 is 14.6 Å². The summed E-state index contributed by atoms with van der Waals surface area (Å²) in [5, 5.41) is 14.0. The fourth-order valence-electron chi connectivity index (χ4n) is 4.61. The molecule has 2 aromatic carbocycles. The molecule has 1 amide bonds. The van der Waals surface area contributed by atoms with Gasteiger partial charge in [0, 0.05) is 17.6 Å². The molecule has 11 heteroatoms. The number of fused-ring (bicyclic) bond motifs is 2. The smallest absolute Gasteiger partial charge is 0.241 e. The van der Waals surface area contributed by atoms with Gasteiger partial charge < -0.3 is 36.5 Å². The fraction of sp³-hybridized carbons (Fsp3) is 0.360. The maximum absolute atomic E-state index is 12.5. The van der Waals surface area contributed by atoms with Crippen LogP contribution >= 0.6 is 0 Å². The highest BCUT2D eigenvalue weighted by molar-refractivity contribution is 5.98. The highest BCUT2D eigenvalue weighted by Crippen LogP contribution is 2.31. The molecule has 5 rings (SSSR count). The third-order valence-electron chi connectivity index (χ3n) is 6.50. The van der Waals surface area contributed by atoms with Crippen LogP contribution in [0.5, 0.6) is 5.75 Å². The van der Waals surface area contributed by atoms with Crippen molar-refractivity contribution in [3.8, 4) is 5.75 Å². The molecule has 1 aliphatic heterocycles. The number of hydrogen-bond acceptors (Lipinski definition) is 9. The molecule has 1 saturated heterocycles. The Bertz CT molecular complexity index is 1360. The Morgan fingerprint density at radius 2 is 2.11 bits per heavy atom. The number of amides is 1. The molecule has 2 aromatic heterocycles. The predicted molar refractivity (Wildman–Crippen MR) is 138 cm³/mol. The summed E-state index contributed by atoms with van der Waals surface area (Å²) in [5.74, 6) is 1.25. The standard InChI is InChI=1S/C25H30N8O3/c26-19(8-9-21(27)34)25(35)32-16-7-6-15-3-1-5-20(18(15)11-16)36-12-17-4-2-10-33(17)24-22-23(29-13-28-22)30-14-31-24/h1,3,5-7,11,13-14,17,19,21,34H,2,4,8-10,12,26-27H2,(H,32,35)(H,28,29,30,31). The molecule has 0 spiro atoms. The molecule has 1 aliphatic rings. The third-order valence-corrected chi connectivity index (χ3v) is 6.50. The molecule has 3 atom stereocenters. The van der Waals surface area contributed by atoms with Gasteiger partial charge >= 0.3 is 0 Å². The number of hydrogen-bond donors (Lipinski definition) is 5. The first kappa shape index (κ1) is 23.9. The number of benzene rings is 2. The Morgan fingerprint density at radius 1 is 1.22 bits per heavy atom. The number of carbonyl (C=O) groups is 1. The summed E-state index contributed by atoms with van der Waals surface area (Å²) >= 11 is 0. The van der Waals surface area contributed by atoms with Gasteiger partial charge in [-0.25, -0.2) is 15.0 Å². The van der Waals surface area contributed by atoms with Gasteiger partial charge in [0.2, 0.25) is 5.91 Å². The number of aliphatic hydroxyl groups is 1. The van der Waals surface area contributed by atoms with Crippen LogP contribution in [-0.2, 0) is 4.79 Å². The molecule has 4 aromatic rings. The van der Waals surface area contributed by atoms with E-state index in [1.807, 2.05) is 36.4 Å². The number of aromatic nitrogens is 4. The number of aromatic amines is 1. The van der Waals surface area contributed by atoms with Crippen molar-refractivity contribution in [2.24, 2.45) is 11.5 Å². The van der Waals surface area contributed by atoms with Crippen LogP contribution < -0.4 is 26.4 Å². The second-order valence-corrected chi connectivity index (χ2v) is 9.03. The molecular formula is C25H30N8O3. The molecule has 0 saturated carbocycles. The van der Waals surface area contributed by atoms with Crippen LogP contribution in [0.1, 0.15) is 25.7 Å². The minimum Gasteiger partial charge on any atom is -0.491 e. The third kappa shape index (κ3) is 5.08. The van der Waals surface area contributed by atoms with Crippen LogP contribution in [0.3, 0.4) is 0 Å². The van der Waals surface area contributed by atoms with Crippen LogP contribution in [0, 0.1) is 0 Å². The number of anilines is 2. The molecule has 3 heterocycles. The van der Waals surface area contributed by atoms with Gasteiger partial charge in [0.05, 0.1) is 18.4 Å². The van der Waals surface area contributed by atoms with Gasteiger partial charge in [0.1, 0.15) is 30.4 Å². The lowest BCUT2D eigenvalue weighted by Crippen LogP contribution is -2.37. The summed E-state index contributed by atoms with van der Waals surface area (Å²) in [6.07, 6.45) is 4.76. The molecule has 3 unspecified atom stereocenters. The lowest BCUT2D eigenvalue weighted by Gasteiger charge is -2.26. The molecule has 11 nitrogen and oxygen atoms in total. The maximum atomic E-state index is 12.5. The number of ether oxygens (including phenoxy) is 1. The number of carbonyl (C=O) groups excluding carboxylic acids is 1. The molecule has 7 N–H and O–H groups in total. The zero-order valence-corrected chi connectivity index (χ0v) is 19.8. The minimum absolute atomic E-state index is 0.153. The monoisotopic (exact) mass is 490 g/mol. The van der Waals surface area contributed by atoms with E-state index in [-0.39, 0.29) is 18.4 Å². The van der Waals surface area contributed by atoms with Gasteiger partial charge in [0.25, 0.3) is 0 Å². The summed E-state index contributed by atoms with van der Waals surface area (Å²) in [4.78, 5) is 30.8.